The SMILES string of the molecule is C1CSCC(OP(OC2CCCSC2)OC2CCCSC2)C1. The normalized spacial score (nSPS) is 35.2. The zero-order valence-corrected chi connectivity index (χ0v) is 16.5. The molecule has 0 saturated carbocycles. The number of rotatable bonds is 6. The van der Waals surface area contributed by atoms with Gasteiger partial charge in [-0.05, 0) is 55.8 Å². The smallest absolute Gasteiger partial charge is 0.308 e. The molecule has 3 nitrogen and oxygen atoms in total. The fourth-order valence-corrected chi connectivity index (χ4v) is 7.65. The first-order valence-electron chi connectivity index (χ1n) is 8.44. The Morgan fingerprint density at radius 1 is 0.591 bits per heavy atom. The van der Waals surface area contributed by atoms with Crippen molar-refractivity contribution < 1.29 is 13.6 Å². The Balaban J connectivity index is 1.50. The zero-order valence-electron chi connectivity index (χ0n) is 13.1. The Labute approximate surface area is 148 Å². The molecule has 3 unspecified atom stereocenters. The summed E-state index contributed by atoms with van der Waals surface area (Å²) in [6.07, 6.45) is 8.27. The molecule has 0 aromatic heterocycles. The van der Waals surface area contributed by atoms with E-state index in [4.69, 9.17) is 13.6 Å². The van der Waals surface area contributed by atoms with Crippen molar-refractivity contribution in [3.63, 3.8) is 0 Å². The van der Waals surface area contributed by atoms with Crippen LogP contribution in [0.25, 0.3) is 0 Å². The lowest BCUT2D eigenvalue weighted by atomic mass is 10.2. The predicted molar refractivity (Wildman–Crippen MR) is 101 cm³/mol. The van der Waals surface area contributed by atoms with Gasteiger partial charge in [-0.25, -0.2) is 0 Å². The molecule has 0 aromatic rings. The van der Waals surface area contributed by atoms with E-state index >= 15 is 0 Å². The summed E-state index contributed by atoms with van der Waals surface area (Å²) in [6, 6.07) is 0. The Bertz CT molecular complexity index is 259. The summed E-state index contributed by atoms with van der Waals surface area (Å²) in [7, 11) is -1.17. The van der Waals surface area contributed by atoms with Gasteiger partial charge >= 0.3 is 8.60 Å². The second kappa shape index (κ2) is 10.4. The highest BCUT2D eigenvalue weighted by Gasteiger charge is 2.29. The molecule has 3 aliphatic rings. The Morgan fingerprint density at radius 2 is 0.955 bits per heavy atom. The van der Waals surface area contributed by atoms with Crippen LogP contribution in [0.15, 0.2) is 0 Å². The Kier molecular flexibility index (Phi) is 8.56. The average Bonchev–Trinajstić information content (AvgIpc) is 2.57. The highest BCUT2D eigenvalue weighted by molar-refractivity contribution is 7.99. The van der Waals surface area contributed by atoms with Crippen LogP contribution >= 0.6 is 43.9 Å². The molecular weight excluding hydrogens is 355 g/mol. The lowest BCUT2D eigenvalue weighted by Gasteiger charge is -2.32. The first-order valence-corrected chi connectivity index (χ1v) is 13.0. The van der Waals surface area contributed by atoms with Crippen LogP contribution in [0.3, 0.4) is 0 Å². The maximum atomic E-state index is 6.28. The summed E-state index contributed by atoms with van der Waals surface area (Å²) >= 11 is 6.01. The van der Waals surface area contributed by atoms with E-state index in [2.05, 4.69) is 0 Å². The zero-order chi connectivity index (χ0) is 15.0. The monoisotopic (exact) mass is 382 g/mol. The molecule has 3 rings (SSSR count). The molecule has 3 atom stereocenters. The molecule has 0 aliphatic carbocycles. The first-order chi connectivity index (χ1) is 10.9. The summed E-state index contributed by atoms with van der Waals surface area (Å²) in [4.78, 5) is 0. The largest absolute Gasteiger partial charge is 0.333 e. The van der Waals surface area contributed by atoms with Gasteiger partial charge in [0.1, 0.15) is 0 Å². The maximum Gasteiger partial charge on any atom is 0.333 e. The minimum Gasteiger partial charge on any atom is -0.308 e. The van der Waals surface area contributed by atoms with Crippen LogP contribution in [0.2, 0.25) is 0 Å². The molecule has 3 fully saturated rings. The van der Waals surface area contributed by atoms with Crippen molar-refractivity contribution in [1.82, 2.24) is 0 Å². The molecule has 22 heavy (non-hydrogen) atoms. The van der Waals surface area contributed by atoms with Crippen LogP contribution in [0.1, 0.15) is 38.5 Å². The van der Waals surface area contributed by atoms with E-state index in [1.807, 2.05) is 35.3 Å². The van der Waals surface area contributed by atoms with E-state index in [1.54, 1.807) is 0 Å². The molecule has 0 amide bonds. The minimum atomic E-state index is -1.17. The van der Waals surface area contributed by atoms with Gasteiger partial charge in [0.25, 0.3) is 0 Å². The average molecular weight is 383 g/mol. The fraction of sp³-hybridized carbons (Fsp3) is 1.00. The van der Waals surface area contributed by atoms with E-state index < -0.39 is 8.60 Å². The second-order valence-electron chi connectivity index (χ2n) is 6.06. The quantitative estimate of drug-likeness (QED) is 0.604. The van der Waals surface area contributed by atoms with E-state index in [-0.39, 0.29) is 0 Å². The fourth-order valence-electron chi connectivity index (χ4n) is 2.82. The van der Waals surface area contributed by atoms with Gasteiger partial charge < -0.3 is 13.6 Å². The summed E-state index contributed by atoms with van der Waals surface area (Å²) in [5.74, 6) is 7.13. The summed E-state index contributed by atoms with van der Waals surface area (Å²) < 4.78 is 18.8. The van der Waals surface area contributed by atoms with Crippen molar-refractivity contribution in [2.24, 2.45) is 0 Å². The van der Waals surface area contributed by atoms with Gasteiger partial charge in [-0.15, -0.1) is 0 Å². The third kappa shape index (κ3) is 6.34. The number of hydrogen-bond acceptors (Lipinski definition) is 6. The minimum absolute atomic E-state index is 0.331. The van der Waals surface area contributed by atoms with Crippen LogP contribution in [-0.2, 0) is 13.6 Å². The lowest BCUT2D eigenvalue weighted by molar-refractivity contribution is 0.0737. The van der Waals surface area contributed by atoms with Crippen LogP contribution in [0.4, 0.5) is 0 Å². The Hall–Kier alpha value is 1.36. The topological polar surface area (TPSA) is 27.7 Å². The summed E-state index contributed by atoms with van der Waals surface area (Å²) in [5.41, 5.74) is 0. The first kappa shape index (κ1) is 18.2. The van der Waals surface area contributed by atoms with Crippen LogP contribution in [-0.4, -0.2) is 52.8 Å². The molecule has 0 spiro atoms. The number of thioether (sulfide) groups is 3. The van der Waals surface area contributed by atoms with E-state index in [0.29, 0.717) is 18.3 Å². The molecule has 128 valence electrons. The van der Waals surface area contributed by atoms with Crippen LogP contribution < -0.4 is 0 Å². The van der Waals surface area contributed by atoms with Crippen molar-refractivity contribution in [2.75, 3.05) is 34.5 Å². The van der Waals surface area contributed by atoms with Crippen molar-refractivity contribution in [1.29, 1.82) is 0 Å². The van der Waals surface area contributed by atoms with Gasteiger partial charge in [-0.3, -0.25) is 0 Å². The molecule has 0 aromatic carbocycles. The Morgan fingerprint density at radius 3 is 1.23 bits per heavy atom. The second-order valence-corrected chi connectivity index (χ2v) is 10.6. The molecule has 3 saturated heterocycles. The van der Waals surface area contributed by atoms with Crippen LogP contribution in [0, 0.1) is 0 Å². The molecule has 3 heterocycles. The van der Waals surface area contributed by atoms with Crippen LogP contribution in [0.5, 0.6) is 0 Å². The lowest BCUT2D eigenvalue weighted by Crippen LogP contribution is -2.26. The van der Waals surface area contributed by atoms with Crippen molar-refractivity contribution >= 4 is 43.9 Å². The summed E-state index contributed by atoms with van der Waals surface area (Å²) in [6.45, 7) is 0. The van der Waals surface area contributed by atoms with Crippen molar-refractivity contribution in [3.8, 4) is 0 Å². The van der Waals surface area contributed by atoms with E-state index in [9.17, 15) is 0 Å². The highest BCUT2D eigenvalue weighted by atomic mass is 32.2. The third-order valence-corrected chi connectivity index (χ3v) is 9.03. The van der Waals surface area contributed by atoms with Gasteiger partial charge in [-0.1, -0.05) is 0 Å². The van der Waals surface area contributed by atoms with E-state index in [0.717, 1.165) is 36.5 Å². The van der Waals surface area contributed by atoms with Gasteiger partial charge in [0.15, 0.2) is 0 Å². The standard InChI is InChI=1S/C15H27O3PS3/c1-4-13(10-20-7-1)16-19(17-14-5-2-8-21-11-14)18-15-6-3-9-22-12-15/h13-15H,1-12H2. The van der Waals surface area contributed by atoms with Gasteiger partial charge in [0, 0.05) is 17.3 Å². The molecule has 3 aliphatic heterocycles. The van der Waals surface area contributed by atoms with E-state index in [1.165, 1.54) is 36.5 Å². The molecule has 0 bridgehead atoms. The summed E-state index contributed by atoms with van der Waals surface area (Å²) in [5, 5.41) is 0. The molecule has 0 N–H and O–H groups in total. The van der Waals surface area contributed by atoms with Crippen molar-refractivity contribution in [2.45, 2.75) is 56.8 Å². The maximum absolute atomic E-state index is 6.28. The molecular formula is C15H27O3PS3. The predicted octanol–water partition coefficient (Wildman–Crippen LogP) is 4.95. The molecule has 0 radical (unpaired) electrons. The highest BCUT2D eigenvalue weighted by Crippen LogP contribution is 2.48. The van der Waals surface area contributed by atoms with Gasteiger partial charge in [-0.2, -0.15) is 35.3 Å². The third-order valence-electron chi connectivity index (χ3n) is 4.06. The van der Waals surface area contributed by atoms with Gasteiger partial charge in [0.05, 0.1) is 18.3 Å². The number of hydrogen-bond donors (Lipinski definition) is 0. The molecule has 7 heteroatoms. The van der Waals surface area contributed by atoms with Crippen molar-refractivity contribution in [3.05, 3.63) is 0 Å². The van der Waals surface area contributed by atoms with Gasteiger partial charge in [0.2, 0.25) is 0 Å².